The van der Waals surface area contributed by atoms with E-state index in [4.69, 9.17) is 23.2 Å². The van der Waals surface area contributed by atoms with Crippen molar-refractivity contribution in [1.29, 1.82) is 0 Å². The van der Waals surface area contributed by atoms with Gasteiger partial charge in [-0.1, -0.05) is 59.2 Å². The number of para-hydroxylation sites is 1. The van der Waals surface area contributed by atoms with Crippen LogP contribution < -0.4 is 10.6 Å². The van der Waals surface area contributed by atoms with Gasteiger partial charge < -0.3 is 15.2 Å². The maximum atomic E-state index is 12.5. The van der Waals surface area contributed by atoms with Gasteiger partial charge in [0.1, 0.15) is 5.82 Å². The van der Waals surface area contributed by atoms with Crippen LogP contribution in [0.1, 0.15) is 11.4 Å². The second kappa shape index (κ2) is 11.2. The summed E-state index contributed by atoms with van der Waals surface area (Å²) < 4.78 is 1.75. The molecule has 0 bridgehead atoms. The lowest BCUT2D eigenvalue weighted by atomic mass is 10.2. The molecule has 7 nitrogen and oxygen atoms in total. The number of hydrogen-bond acceptors (Lipinski definition) is 5. The van der Waals surface area contributed by atoms with E-state index in [1.165, 1.54) is 11.8 Å². The summed E-state index contributed by atoms with van der Waals surface area (Å²) in [5, 5.41) is 15.4. The Morgan fingerprint density at radius 2 is 1.88 bits per heavy atom. The zero-order chi connectivity index (χ0) is 23.1. The fourth-order valence-electron chi connectivity index (χ4n) is 2.77. The first kappa shape index (κ1) is 23.8. The van der Waals surface area contributed by atoms with Crippen molar-refractivity contribution in [3.05, 3.63) is 76.6 Å². The van der Waals surface area contributed by atoms with Gasteiger partial charge in [-0.05, 0) is 36.8 Å². The first-order chi connectivity index (χ1) is 15.4. The number of aromatic nitrogens is 3. The van der Waals surface area contributed by atoms with E-state index in [1.54, 1.807) is 47.0 Å². The normalized spacial score (nSPS) is 10.6. The van der Waals surface area contributed by atoms with Gasteiger partial charge in [0.05, 0.1) is 22.9 Å². The summed E-state index contributed by atoms with van der Waals surface area (Å²) in [4.78, 5) is 24.8. The molecule has 1 aromatic heterocycles. The van der Waals surface area contributed by atoms with Crippen molar-refractivity contribution in [2.24, 2.45) is 0 Å². The van der Waals surface area contributed by atoms with Crippen LogP contribution in [0, 0.1) is 6.92 Å². The van der Waals surface area contributed by atoms with Crippen molar-refractivity contribution in [1.82, 2.24) is 14.8 Å². The van der Waals surface area contributed by atoms with Crippen molar-refractivity contribution in [3.63, 3.8) is 0 Å². The largest absolute Gasteiger partial charge is 0.325 e. The Balaban J connectivity index is 1.62. The third-order valence-electron chi connectivity index (χ3n) is 4.36. The molecule has 1 heterocycles. The number of rotatable bonds is 9. The first-order valence-electron chi connectivity index (χ1n) is 9.63. The van der Waals surface area contributed by atoms with Gasteiger partial charge in [-0.25, -0.2) is 0 Å². The molecule has 0 aliphatic rings. The highest BCUT2D eigenvalue weighted by Gasteiger charge is 2.17. The maximum Gasteiger partial charge on any atom is 0.234 e. The lowest BCUT2D eigenvalue weighted by Gasteiger charge is -2.09. The Morgan fingerprint density at radius 1 is 1.09 bits per heavy atom. The van der Waals surface area contributed by atoms with Crippen molar-refractivity contribution in [3.8, 4) is 0 Å². The molecule has 0 aliphatic carbocycles. The highest BCUT2D eigenvalue weighted by molar-refractivity contribution is 7.99. The number of thioether (sulfide) groups is 1. The number of nitrogens with one attached hydrogen (secondary N) is 2. The molecule has 0 atom stereocenters. The summed E-state index contributed by atoms with van der Waals surface area (Å²) in [6, 6.07) is 12.3. The molecule has 2 aromatic carbocycles. The van der Waals surface area contributed by atoms with Crippen LogP contribution in [0.2, 0.25) is 10.0 Å². The van der Waals surface area contributed by atoms with E-state index in [0.717, 1.165) is 5.56 Å². The number of benzene rings is 2. The van der Waals surface area contributed by atoms with Crippen LogP contribution in [0.15, 0.2) is 60.3 Å². The molecule has 0 aliphatic heterocycles. The maximum absolute atomic E-state index is 12.5. The van der Waals surface area contributed by atoms with E-state index in [-0.39, 0.29) is 24.0 Å². The van der Waals surface area contributed by atoms with Gasteiger partial charge in [-0.15, -0.1) is 16.8 Å². The molecular formula is C22H21Cl2N5O2S. The number of aryl methyl sites for hydroxylation is 1. The van der Waals surface area contributed by atoms with E-state index in [1.807, 2.05) is 13.0 Å². The number of hydrogen-bond donors (Lipinski definition) is 2. The molecule has 2 N–H and O–H groups in total. The zero-order valence-electron chi connectivity index (χ0n) is 17.3. The Labute approximate surface area is 200 Å². The SMILES string of the molecule is C=CCn1c(CC(=O)Nc2ccccc2Cl)nnc1SCC(=O)Nc1ccc(C)c(Cl)c1. The van der Waals surface area contributed by atoms with Crippen LogP contribution in [0.4, 0.5) is 11.4 Å². The minimum absolute atomic E-state index is 0.000680. The quantitative estimate of drug-likeness (QED) is 0.326. The average Bonchev–Trinajstić information content (AvgIpc) is 3.12. The molecule has 0 saturated carbocycles. The fourth-order valence-corrected chi connectivity index (χ4v) is 3.90. The predicted octanol–water partition coefficient (Wildman–Crippen LogP) is 4.99. The van der Waals surface area contributed by atoms with Crippen LogP contribution in [-0.4, -0.2) is 32.3 Å². The van der Waals surface area contributed by atoms with Crippen LogP contribution in [0.3, 0.4) is 0 Å². The van der Waals surface area contributed by atoms with E-state index in [9.17, 15) is 9.59 Å². The van der Waals surface area contributed by atoms with Crippen molar-refractivity contribution < 1.29 is 9.59 Å². The molecule has 3 rings (SSSR count). The van der Waals surface area contributed by atoms with Gasteiger partial charge in [0.2, 0.25) is 11.8 Å². The Morgan fingerprint density at radius 3 is 2.59 bits per heavy atom. The molecule has 3 aromatic rings. The third kappa shape index (κ3) is 6.35. The van der Waals surface area contributed by atoms with E-state index in [2.05, 4.69) is 27.4 Å². The smallest absolute Gasteiger partial charge is 0.234 e. The molecule has 0 saturated heterocycles. The first-order valence-corrected chi connectivity index (χ1v) is 11.4. The fraction of sp³-hybridized carbons (Fsp3) is 0.182. The van der Waals surface area contributed by atoms with Crippen LogP contribution in [0.5, 0.6) is 0 Å². The van der Waals surface area contributed by atoms with Gasteiger partial charge in [0, 0.05) is 17.3 Å². The summed E-state index contributed by atoms with van der Waals surface area (Å²) in [5.41, 5.74) is 2.08. The number of anilines is 2. The second-order valence-electron chi connectivity index (χ2n) is 6.80. The minimum atomic E-state index is -0.277. The van der Waals surface area contributed by atoms with E-state index in [0.29, 0.717) is 38.9 Å². The zero-order valence-corrected chi connectivity index (χ0v) is 19.6. The van der Waals surface area contributed by atoms with Gasteiger partial charge >= 0.3 is 0 Å². The number of allylic oxidation sites excluding steroid dienone is 1. The van der Waals surface area contributed by atoms with Crippen LogP contribution in [0.25, 0.3) is 0 Å². The van der Waals surface area contributed by atoms with Crippen LogP contribution in [-0.2, 0) is 22.6 Å². The molecule has 166 valence electrons. The number of amides is 2. The molecule has 0 radical (unpaired) electrons. The summed E-state index contributed by atoms with van der Waals surface area (Å²) in [7, 11) is 0. The van der Waals surface area contributed by atoms with Crippen molar-refractivity contribution in [2.45, 2.75) is 25.0 Å². The van der Waals surface area contributed by atoms with Gasteiger partial charge in [-0.2, -0.15) is 0 Å². The lowest BCUT2D eigenvalue weighted by molar-refractivity contribution is -0.116. The Bertz CT molecular complexity index is 1150. The van der Waals surface area contributed by atoms with Crippen LogP contribution >= 0.6 is 35.0 Å². The van der Waals surface area contributed by atoms with Crippen molar-refractivity contribution >= 4 is 58.2 Å². The topological polar surface area (TPSA) is 88.9 Å². The number of nitrogens with zero attached hydrogens (tertiary/aromatic N) is 3. The number of halogens is 2. The van der Waals surface area contributed by atoms with Crippen molar-refractivity contribution in [2.75, 3.05) is 16.4 Å². The minimum Gasteiger partial charge on any atom is -0.325 e. The molecular weight excluding hydrogens is 469 g/mol. The number of carbonyl (C=O) groups excluding carboxylic acids is 2. The van der Waals surface area contributed by atoms with Gasteiger partial charge in [0.15, 0.2) is 5.16 Å². The highest BCUT2D eigenvalue weighted by atomic mass is 35.5. The molecule has 10 heteroatoms. The molecule has 32 heavy (non-hydrogen) atoms. The molecule has 0 fully saturated rings. The van der Waals surface area contributed by atoms with E-state index >= 15 is 0 Å². The standard InChI is InChI=1S/C22H21Cl2N5O2S/c1-3-10-29-19(12-20(30)26-18-7-5-4-6-16(18)23)27-28-22(29)32-13-21(31)25-15-9-8-14(2)17(24)11-15/h3-9,11H,1,10,12-13H2,2H3,(H,25,31)(H,26,30). The summed E-state index contributed by atoms with van der Waals surface area (Å²) in [6.07, 6.45) is 1.68. The van der Waals surface area contributed by atoms with Gasteiger partial charge in [-0.3, -0.25) is 9.59 Å². The van der Waals surface area contributed by atoms with E-state index < -0.39 is 0 Å². The summed E-state index contributed by atoms with van der Waals surface area (Å²) in [5.74, 6) is 0.0946. The molecule has 0 unspecified atom stereocenters. The highest BCUT2D eigenvalue weighted by Crippen LogP contribution is 2.23. The summed E-state index contributed by atoms with van der Waals surface area (Å²) in [6.45, 7) is 6.04. The number of carbonyl (C=O) groups is 2. The molecule has 0 spiro atoms. The Hall–Kier alpha value is -2.81. The monoisotopic (exact) mass is 489 g/mol. The predicted molar refractivity (Wildman–Crippen MR) is 130 cm³/mol. The lowest BCUT2D eigenvalue weighted by Crippen LogP contribution is -2.18. The molecule has 2 amide bonds. The third-order valence-corrected chi connectivity index (χ3v) is 6.06. The average molecular weight is 490 g/mol. The Kier molecular flexibility index (Phi) is 8.33. The second-order valence-corrected chi connectivity index (χ2v) is 8.56. The van der Waals surface area contributed by atoms with Gasteiger partial charge in [0.25, 0.3) is 0 Å². The summed E-state index contributed by atoms with van der Waals surface area (Å²) >= 11 is 13.4.